The summed E-state index contributed by atoms with van der Waals surface area (Å²) in [6.45, 7) is 9.47. The van der Waals surface area contributed by atoms with Gasteiger partial charge in [0, 0.05) is 11.5 Å². The summed E-state index contributed by atoms with van der Waals surface area (Å²) < 4.78 is 5.26. The number of nitrogens with one attached hydrogen (secondary N) is 2. The minimum absolute atomic E-state index is 0.208. The lowest BCUT2D eigenvalue weighted by Gasteiger charge is -2.04. The molecule has 0 bridgehead atoms. The van der Waals surface area contributed by atoms with Crippen LogP contribution < -0.4 is 10.6 Å². The maximum Gasteiger partial charge on any atom is 0.175 e. The number of aromatic nitrogens is 1. The van der Waals surface area contributed by atoms with Gasteiger partial charge in [-0.25, -0.2) is 0 Å². The van der Waals surface area contributed by atoms with Crippen molar-refractivity contribution in [3.8, 4) is 0 Å². The summed E-state index contributed by atoms with van der Waals surface area (Å²) in [5, 5.41) is 9.74. The topological polar surface area (TPSA) is 50.1 Å². The summed E-state index contributed by atoms with van der Waals surface area (Å²) in [5.41, 5.74) is 0.208. The molecule has 0 aromatic carbocycles. The first-order valence-corrected chi connectivity index (χ1v) is 4.95. The Kier molecular flexibility index (Phi) is 2.26. The maximum absolute atomic E-state index is 5.26. The first kappa shape index (κ1) is 9.83. The Morgan fingerprint density at radius 2 is 2.40 bits per heavy atom. The van der Waals surface area contributed by atoms with Crippen molar-refractivity contribution in [2.75, 3.05) is 5.32 Å². The van der Waals surface area contributed by atoms with Gasteiger partial charge in [-0.3, -0.25) is 0 Å². The van der Waals surface area contributed by atoms with Crippen molar-refractivity contribution in [1.82, 2.24) is 10.5 Å². The van der Waals surface area contributed by atoms with Crippen LogP contribution in [0.25, 0.3) is 0 Å². The lowest BCUT2D eigenvalue weighted by atomic mass is 10.1. The molecule has 1 aromatic rings. The predicted octanol–water partition coefficient (Wildman–Crippen LogP) is 2.34. The lowest BCUT2D eigenvalue weighted by Crippen LogP contribution is -2.11. The van der Waals surface area contributed by atoms with Gasteiger partial charge in [0.25, 0.3) is 0 Å². The zero-order chi connectivity index (χ0) is 10.9. The number of anilines is 1. The van der Waals surface area contributed by atoms with E-state index in [0.29, 0.717) is 11.6 Å². The van der Waals surface area contributed by atoms with Crippen LogP contribution in [0.1, 0.15) is 25.5 Å². The SMILES string of the molecule is C=CNC(=C)Nc1cc(C2(C)CC2)on1. The monoisotopic (exact) mass is 205 g/mol. The van der Waals surface area contributed by atoms with Crippen molar-refractivity contribution in [3.63, 3.8) is 0 Å². The molecule has 0 unspecified atom stereocenters. The molecule has 0 atom stereocenters. The highest BCUT2D eigenvalue weighted by atomic mass is 16.5. The third kappa shape index (κ3) is 2.03. The molecule has 80 valence electrons. The quantitative estimate of drug-likeness (QED) is 0.774. The second kappa shape index (κ2) is 3.46. The standard InChI is InChI=1S/C11H15N3O/c1-4-12-8(2)13-10-7-9(15-14-10)11(3)5-6-11/h4,7,12H,1-2,5-6H2,3H3,(H,13,14). The smallest absolute Gasteiger partial charge is 0.175 e. The minimum Gasteiger partial charge on any atom is -0.359 e. The summed E-state index contributed by atoms with van der Waals surface area (Å²) in [7, 11) is 0. The van der Waals surface area contributed by atoms with E-state index in [1.165, 1.54) is 12.8 Å². The van der Waals surface area contributed by atoms with Gasteiger partial charge in [-0.15, -0.1) is 0 Å². The Morgan fingerprint density at radius 1 is 1.67 bits per heavy atom. The largest absolute Gasteiger partial charge is 0.359 e. The summed E-state index contributed by atoms with van der Waals surface area (Å²) in [6.07, 6.45) is 3.90. The molecule has 0 radical (unpaired) electrons. The first-order valence-electron chi connectivity index (χ1n) is 4.95. The molecule has 1 aliphatic rings. The van der Waals surface area contributed by atoms with E-state index < -0.39 is 0 Å². The van der Waals surface area contributed by atoms with E-state index in [0.717, 1.165) is 5.76 Å². The highest BCUT2D eigenvalue weighted by Crippen LogP contribution is 2.48. The summed E-state index contributed by atoms with van der Waals surface area (Å²) in [5.74, 6) is 2.25. The van der Waals surface area contributed by atoms with Gasteiger partial charge >= 0.3 is 0 Å². The second-order valence-electron chi connectivity index (χ2n) is 4.09. The Hall–Kier alpha value is -1.71. The van der Waals surface area contributed by atoms with Crippen LogP contribution in [-0.4, -0.2) is 5.16 Å². The molecule has 0 amide bonds. The molecule has 0 spiro atoms. The molecule has 2 rings (SSSR count). The average Bonchev–Trinajstić information content (AvgIpc) is 2.77. The highest BCUT2D eigenvalue weighted by molar-refractivity contribution is 5.42. The van der Waals surface area contributed by atoms with Gasteiger partial charge in [-0.05, 0) is 19.0 Å². The number of hydrogen-bond acceptors (Lipinski definition) is 4. The second-order valence-corrected chi connectivity index (χ2v) is 4.09. The van der Waals surface area contributed by atoms with Crippen LogP contribution in [0.5, 0.6) is 0 Å². The normalized spacial score (nSPS) is 16.9. The number of rotatable bonds is 5. The van der Waals surface area contributed by atoms with Gasteiger partial charge in [-0.2, -0.15) is 0 Å². The maximum atomic E-state index is 5.26. The van der Waals surface area contributed by atoms with E-state index in [2.05, 4.69) is 35.9 Å². The Morgan fingerprint density at radius 3 is 3.00 bits per heavy atom. The molecule has 0 saturated heterocycles. The average molecular weight is 205 g/mol. The summed E-state index contributed by atoms with van der Waals surface area (Å²) in [4.78, 5) is 0. The fourth-order valence-corrected chi connectivity index (χ4v) is 1.37. The molecule has 15 heavy (non-hydrogen) atoms. The zero-order valence-electron chi connectivity index (χ0n) is 8.84. The molecule has 1 saturated carbocycles. The van der Waals surface area contributed by atoms with Crippen LogP contribution in [0.3, 0.4) is 0 Å². The van der Waals surface area contributed by atoms with E-state index in [1.807, 2.05) is 6.07 Å². The van der Waals surface area contributed by atoms with E-state index in [1.54, 1.807) is 6.20 Å². The fraction of sp³-hybridized carbons (Fsp3) is 0.364. The lowest BCUT2D eigenvalue weighted by molar-refractivity contribution is 0.361. The minimum atomic E-state index is 0.208. The van der Waals surface area contributed by atoms with E-state index in [4.69, 9.17) is 4.52 Å². The molecule has 1 aliphatic carbocycles. The third-order valence-electron chi connectivity index (χ3n) is 2.66. The van der Waals surface area contributed by atoms with Crippen LogP contribution in [-0.2, 0) is 5.41 Å². The van der Waals surface area contributed by atoms with Gasteiger partial charge < -0.3 is 15.2 Å². The van der Waals surface area contributed by atoms with E-state index in [-0.39, 0.29) is 5.41 Å². The van der Waals surface area contributed by atoms with Gasteiger partial charge in [-0.1, -0.05) is 25.2 Å². The molecule has 1 aromatic heterocycles. The molecular formula is C11H15N3O. The molecule has 2 N–H and O–H groups in total. The Labute approximate surface area is 89.0 Å². The molecule has 1 heterocycles. The number of nitrogens with zero attached hydrogens (tertiary/aromatic N) is 1. The van der Waals surface area contributed by atoms with Gasteiger partial charge in [0.15, 0.2) is 5.82 Å². The van der Waals surface area contributed by atoms with Crippen LogP contribution >= 0.6 is 0 Å². The summed E-state index contributed by atoms with van der Waals surface area (Å²) in [6, 6.07) is 1.92. The van der Waals surface area contributed by atoms with Crippen LogP contribution in [0.4, 0.5) is 5.82 Å². The van der Waals surface area contributed by atoms with Crippen LogP contribution in [0.15, 0.2) is 35.8 Å². The van der Waals surface area contributed by atoms with Crippen LogP contribution in [0.2, 0.25) is 0 Å². The molecule has 4 heteroatoms. The van der Waals surface area contributed by atoms with Crippen molar-refractivity contribution in [2.24, 2.45) is 0 Å². The van der Waals surface area contributed by atoms with Crippen molar-refractivity contribution in [1.29, 1.82) is 0 Å². The van der Waals surface area contributed by atoms with E-state index in [9.17, 15) is 0 Å². The third-order valence-corrected chi connectivity index (χ3v) is 2.66. The number of hydrogen-bond donors (Lipinski definition) is 2. The van der Waals surface area contributed by atoms with Crippen molar-refractivity contribution in [2.45, 2.75) is 25.2 Å². The summed E-state index contributed by atoms with van der Waals surface area (Å²) >= 11 is 0. The Bertz CT molecular complexity index is 390. The highest BCUT2D eigenvalue weighted by Gasteiger charge is 2.42. The molecule has 1 fully saturated rings. The zero-order valence-corrected chi connectivity index (χ0v) is 8.84. The van der Waals surface area contributed by atoms with Crippen LogP contribution in [0, 0.1) is 0 Å². The van der Waals surface area contributed by atoms with Crippen molar-refractivity contribution < 1.29 is 4.52 Å². The van der Waals surface area contributed by atoms with Gasteiger partial charge in [0.2, 0.25) is 0 Å². The van der Waals surface area contributed by atoms with Crippen molar-refractivity contribution >= 4 is 5.82 Å². The Balaban J connectivity index is 2.01. The van der Waals surface area contributed by atoms with E-state index >= 15 is 0 Å². The predicted molar refractivity (Wildman–Crippen MR) is 59.2 cm³/mol. The fourth-order valence-electron chi connectivity index (χ4n) is 1.37. The molecular weight excluding hydrogens is 190 g/mol. The molecule has 0 aliphatic heterocycles. The van der Waals surface area contributed by atoms with Crippen molar-refractivity contribution in [3.05, 3.63) is 37.0 Å². The first-order chi connectivity index (χ1) is 7.14. The molecule has 4 nitrogen and oxygen atoms in total. The van der Waals surface area contributed by atoms with Gasteiger partial charge in [0.05, 0.1) is 0 Å². The van der Waals surface area contributed by atoms with Gasteiger partial charge in [0.1, 0.15) is 11.6 Å².